The molecular weight excluding hydrogens is 126 g/mol. The van der Waals surface area contributed by atoms with Gasteiger partial charge in [0.25, 0.3) is 0 Å². The summed E-state index contributed by atoms with van der Waals surface area (Å²) in [6.07, 6.45) is 4.22. The molecule has 0 atom stereocenters. The molecule has 0 radical (unpaired) electrons. The predicted molar refractivity (Wildman–Crippen MR) is 39.3 cm³/mol. The Bertz CT molecular complexity index is 253. The van der Waals surface area contributed by atoms with Crippen molar-refractivity contribution in [2.75, 3.05) is 5.32 Å². The van der Waals surface area contributed by atoms with Crippen molar-refractivity contribution in [1.82, 2.24) is 4.98 Å². The lowest BCUT2D eigenvalue weighted by atomic mass is 10.2. The molecule has 0 bridgehead atoms. The van der Waals surface area contributed by atoms with Gasteiger partial charge < -0.3 is 5.32 Å². The van der Waals surface area contributed by atoms with Gasteiger partial charge in [0, 0.05) is 12.6 Å². The van der Waals surface area contributed by atoms with Crippen LogP contribution in [0, 0.1) is 5.41 Å². The molecule has 2 heterocycles. The highest BCUT2D eigenvalue weighted by Crippen LogP contribution is 2.19. The number of hydrogen-bond donors (Lipinski definition) is 2. The average molecular weight is 133 g/mol. The first-order valence-corrected chi connectivity index (χ1v) is 3.13. The van der Waals surface area contributed by atoms with E-state index in [0.29, 0.717) is 5.84 Å². The molecule has 0 spiro atoms. The Kier molecular flexibility index (Phi) is 0.974. The van der Waals surface area contributed by atoms with Gasteiger partial charge in [-0.2, -0.15) is 0 Å². The smallest absolute Gasteiger partial charge is 0.102 e. The highest BCUT2D eigenvalue weighted by molar-refractivity contribution is 6.00. The number of amidine groups is 1. The molecule has 1 aliphatic heterocycles. The van der Waals surface area contributed by atoms with E-state index in [1.807, 2.05) is 6.07 Å². The van der Waals surface area contributed by atoms with Gasteiger partial charge in [0.05, 0.1) is 11.9 Å². The summed E-state index contributed by atoms with van der Waals surface area (Å²) in [6, 6.07) is 1.93. The second-order valence-corrected chi connectivity index (χ2v) is 2.31. The molecule has 3 nitrogen and oxygen atoms in total. The molecule has 0 saturated carbocycles. The maximum Gasteiger partial charge on any atom is 0.102 e. The van der Waals surface area contributed by atoms with Crippen molar-refractivity contribution in [3.63, 3.8) is 0 Å². The van der Waals surface area contributed by atoms with E-state index in [2.05, 4.69) is 10.3 Å². The number of nitrogens with zero attached hydrogens (tertiary/aromatic N) is 1. The number of fused-ring (bicyclic) bond motifs is 1. The van der Waals surface area contributed by atoms with Gasteiger partial charge in [0.15, 0.2) is 0 Å². The molecule has 0 amide bonds. The van der Waals surface area contributed by atoms with Gasteiger partial charge in [-0.15, -0.1) is 0 Å². The monoisotopic (exact) mass is 133 g/mol. The summed E-state index contributed by atoms with van der Waals surface area (Å²) in [5, 5.41) is 10.2. The minimum atomic E-state index is 0.558. The van der Waals surface area contributed by atoms with Crippen LogP contribution in [-0.4, -0.2) is 10.8 Å². The van der Waals surface area contributed by atoms with Crippen LogP contribution in [0.4, 0.5) is 5.69 Å². The van der Waals surface area contributed by atoms with Crippen LogP contribution in [0.3, 0.4) is 0 Å². The van der Waals surface area contributed by atoms with E-state index in [0.717, 1.165) is 12.1 Å². The van der Waals surface area contributed by atoms with Crippen molar-refractivity contribution in [3.8, 4) is 0 Å². The zero-order valence-electron chi connectivity index (χ0n) is 5.39. The van der Waals surface area contributed by atoms with Crippen molar-refractivity contribution in [1.29, 1.82) is 5.41 Å². The van der Waals surface area contributed by atoms with Crippen molar-refractivity contribution in [3.05, 3.63) is 24.0 Å². The van der Waals surface area contributed by atoms with Gasteiger partial charge in [0.2, 0.25) is 0 Å². The van der Waals surface area contributed by atoms with E-state index in [-0.39, 0.29) is 0 Å². The summed E-state index contributed by atoms with van der Waals surface area (Å²) in [7, 11) is 0. The summed E-state index contributed by atoms with van der Waals surface area (Å²) in [5.41, 5.74) is 2.15. The van der Waals surface area contributed by atoms with Crippen LogP contribution in [0.25, 0.3) is 0 Å². The lowest BCUT2D eigenvalue weighted by Gasteiger charge is -1.93. The molecule has 0 aliphatic carbocycles. The van der Waals surface area contributed by atoms with Crippen LogP contribution in [0.5, 0.6) is 0 Å². The van der Waals surface area contributed by atoms with Crippen LogP contribution < -0.4 is 5.32 Å². The normalized spacial score (nSPS) is 14.6. The Morgan fingerprint density at radius 1 is 1.60 bits per heavy atom. The molecule has 50 valence electrons. The van der Waals surface area contributed by atoms with Gasteiger partial charge in [-0.3, -0.25) is 10.4 Å². The first-order valence-electron chi connectivity index (χ1n) is 3.13. The molecule has 3 heteroatoms. The third-order valence-corrected chi connectivity index (χ3v) is 1.56. The van der Waals surface area contributed by atoms with Gasteiger partial charge in [-0.05, 0) is 11.6 Å². The van der Waals surface area contributed by atoms with E-state index < -0.39 is 0 Å². The van der Waals surface area contributed by atoms with Crippen molar-refractivity contribution >= 4 is 11.5 Å². The molecule has 2 N–H and O–H groups in total. The molecule has 1 aliphatic rings. The molecule has 2 rings (SSSR count). The summed E-state index contributed by atoms with van der Waals surface area (Å²) in [6.45, 7) is 0. The fraction of sp³-hybridized carbons (Fsp3) is 0.143. The Labute approximate surface area is 58.6 Å². The minimum absolute atomic E-state index is 0.558. The lowest BCUT2D eigenvalue weighted by molar-refractivity contribution is 1.28. The first-order chi connectivity index (χ1) is 4.86. The van der Waals surface area contributed by atoms with Gasteiger partial charge in [-0.25, -0.2) is 0 Å². The average Bonchev–Trinajstić information content (AvgIpc) is 2.27. The zero-order chi connectivity index (χ0) is 6.97. The molecule has 1 aromatic rings. The number of rotatable bonds is 0. The molecule has 0 fully saturated rings. The number of anilines is 1. The van der Waals surface area contributed by atoms with Crippen LogP contribution in [-0.2, 0) is 6.42 Å². The number of pyridine rings is 1. The van der Waals surface area contributed by atoms with Crippen LogP contribution >= 0.6 is 0 Å². The topological polar surface area (TPSA) is 48.8 Å². The second kappa shape index (κ2) is 1.80. The van der Waals surface area contributed by atoms with Gasteiger partial charge >= 0.3 is 0 Å². The third-order valence-electron chi connectivity index (χ3n) is 1.56. The molecule has 0 saturated heterocycles. The fourth-order valence-electron chi connectivity index (χ4n) is 1.09. The summed E-state index contributed by atoms with van der Waals surface area (Å²) < 4.78 is 0. The van der Waals surface area contributed by atoms with Crippen LogP contribution in [0.15, 0.2) is 18.5 Å². The summed E-state index contributed by atoms with van der Waals surface area (Å²) in [5.74, 6) is 0.558. The Morgan fingerprint density at radius 3 is 3.30 bits per heavy atom. The predicted octanol–water partition coefficient (Wildman–Crippen LogP) is 1.03. The SMILES string of the molecule is N=C1Cc2ccncc2N1. The number of hydrogen-bond acceptors (Lipinski definition) is 2. The Balaban J connectivity index is 2.51. The molecule has 0 aromatic carbocycles. The number of nitrogens with one attached hydrogen (secondary N) is 2. The fourth-order valence-corrected chi connectivity index (χ4v) is 1.09. The van der Waals surface area contributed by atoms with Gasteiger partial charge in [-0.1, -0.05) is 0 Å². The standard InChI is InChI=1S/C7H7N3/c8-7-3-5-1-2-9-4-6(5)10-7/h1-2,4H,3H2,(H2,8,10). The van der Waals surface area contributed by atoms with E-state index in [9.17, 15) is 0 Å². The first kappa shape index (κ1) is 5.41. The highest BCUT2D eigenvalue weighted by atomic mass is 15.0. The molecule has 1 aromatic heterocycles. The van der Waals surface area contributed by atoms with Crippen LogP contribution in [0.1, 0.15) is 5.56 Å². The van der Waals surface area contributed by atoms with Gasteiger partial charge in [0.1, 0.15) is 5.84 Å². The quantitative estimate of drug-likeness (QED) is 0.555. The van der Waals surface area contributed by atoms with Crippen molar-refractivity contribution < 1.29 is 0 Å². The molecular formula is C7H7N3. The summed E-state index contributed by atoms with van der Waals surface area (Å²) >= 11 is 0. The molecule has 10 heavy (non-hydrogen) atoms. The third kappa shape index (κ3) is 0.673. The summed E-state index contributed by atoms with van der Waals surface area (Å²) in [4.78, 5) is 3.93. The van der Waals surface area contributed by atoms with Crippen molar-refractivity contribution in [2.24, 2.45) is 0 Å². The van der Waals surface area contributed by atoms with Crippen LogP contribution in [0.2, 0.25) is 0 Å². The number of aromatic nitrogens is 1. The Hall–Kier alpha value is -1.38. The highest BCUT2D eigenvalue weighted by Gasteiger charge is 2.12. The van der Waals surface area contributed by atoms with E-state index >= 15 is 0 Å². The van der Waals surface area contributed by atoms with Crippen molar-refractivity contribution in [2.45, 2.75) is 6.42 Å². The maximum atomic E-state index is 7.30. The van der Waals surface area contributed by atoms with E-state index in [4.69, 9.17) is 5.41 Å². The Morgan fingerprint density at radius 2 is 2.50 bits per heavy atom. The van der Waals surface area contributed by atoms with E-state index in [1.54, 1.807) is 12.4 Å². The zero-order valence-corrected chi connectivity index (χ0v) is 5.39. The second-order valence-electron chi connectivity index (χ2n) is 2.31. The maximum absolute atomic E-state index is 7.30. The largest absolute Gasteiger partial charge is 0.342 e. The minimum Gasteiger partial charge on any atom is -0.342 e. The lowest BCUT2D eigenvalue weighted by Crippen LogP contribution is -2.02. The molecule has 0 unspecified atom stereocenters. The van der Waals surface area contributed by atoms with E-state index in [1.165, 1.54) is 5.56 Å².